The first-order valence-corrected chi connectivity index (χ1v) is 8.02. The average Bonchev–Trinajstić information content (AvgIpc) is 3.11. The van der Waals surface area contributed by atoms with Crippen molar-refractivity contribution in [3.05, 3.63) is 45.1 Å². The van der Waals surface area contributed by atoms with Crippen LogP contribution in [0, 0.1) is 0 Å². The van der Waals surface area contributed by atoms with E-state index in [0.717, 1.165) is 21.9 Å². The number of thiophene rings is 1. The molecular weight excluding hydrogens is 328 g/mol. The summed E-state index contributed by atoms with van der Waals surface area (Å²) in [4.78, 5) is 15.9. The summed E-state index contributed by atoms with van der Waals surface area (Å²) in [6.07, 6.45) is -2.55. The molecule has 3 aromatic rings. The van der Waals surface area contributed by atoms with Crippen LogP contribution in [-0.2, 0) is 6.54 Å². The molecule has 0 unspecified atom stereocenters. The van der Waals surface area contributed by atoms with Crippen LogP contribution in [0.2, 0.25) is 0 Å². The number of alkyl halides is 2. The second kappa shape index (κ2) is 5.98. The quantitative estimate of drug-likeness (QED) is 0.738. The molecule has 0 spiro atoms. The summed E-state index contributed by atoms with van der Waals surface area (Å²) in [5.41, 5.74) is 7.07. The van der Waals surface area contributed by atoms with Gasteiger partial charge in [-0.05, 0) is 24.3 Å². The summed E-state index contributed by atoms with van der Waals surface area (Å²) in [5.74, 6) is -0.451. The van der Waals surface area contributed by atoms with E-state index < -0.39 is 12.3 Å². The van der Waals surface area contributed by atoms with Gasteiger partial charge in [0.05, 0.1) is 15.8 Å². The van der Waals surface area contributed by atoms with Crippen LogP contribution in [0.25, 0.3) is 10.2 Å². The van der Waals surface area contributed by atoms with Crippen LogP contribution in [0.1, 0.15) is 26.7 Å². The van der Waals surface area contributed by atoms with Crippen LogP contribution in [0.5, 0.6) is 0 Å². The smallest absolute Gasteiger partial charge is 0.289 e. The largest absolute Gasteiger partial charge is 0.380 e. The number of aromatic nitrogens is 1. The standard InChI is InChI=1S/C14H11F2N3OS2/c15-12(16)14-19-10-2-1-8(4-11(10)22-14)18-5-9-3-7(6-21-9)13(17)20/h1-4,6,12,18H,5H2,(H2,17,20). The molecule has 2 aromatic heterocycles. The number of hydrogen-bond acceptors (Lipinski definition) is 5. The van der Waals surface area contributed by atoms with Crippen LogP contribution < -0.4 is 11.1 Å². The zero-order valence-corrected chi connectivity index (χ0v) is 12.8. The van der Waals surface area contributed by atoms with Crippen LogP contribution in [0.4, 0.5) is 14.5 Å². The Morgan fingerprint density at radius 1 is 1.36 bits per heavy atom. The van der Waals surface area contributed by atoms with Crippen molar-refractivity contribution in [2.24, 2.45) is 5.73 Å². The number of halogens is 2. The van der Waals surface area contributed by atoms with Gasteiger partial charge in [0, 0.05) is 22.5 Å². The fourth-order valence-electron chi connectivity index (χ4n) is 1.94. The minimum Gasteiger partial charge on any atom is -0.380 e. The van der Waals surface area contributed by atoms with Gasteiger partial charge in [0.25, 0.3) is 6.43 Å². The van der Waals surface area contributed by atoms with Gasteiger partial charge in [-0.2, -0.15) is 0 Å². The van der Waals surface area contributed by atoms with Gasteiger partial charge < -0.3 is 11.1 Å². The van der Waals surface area contributed by atoms with Crippen molar-refractivity contribution in [1.82, 2.24) is 4.98 Å². The monoisotopic (exact) mass is 339 g/mol. The van der Waals surface area contributed by atoms with E-state index in [9.17, 15) is 13.6 Å². The molecule has 0 radical (unpaired) electrons. The Bertz CT molecular complexity index is 828. The van der Waals surface area contributed by atoms with E-state index in [2.05, 4.69) is 10.3 Å². The first-order valence-electron chi connectivity index (χ1n) is 6.32. The second-order valence-corrected chi connectivity index (χ2v) is 6.61. The molecule has 1 amide bonds. The van der Waals surface area contributed by atoms with E-state index >= 15 is 0 Å². The van der Waals surface area contributed by atoms with Crippen molar-refractivity contribution in [3.63, 3.8) is 0 Å². The molecule has 0 fully saturated rings. The highest BCUT2D eigenvalue weighted by molar-refractivity contribution is 7.18. The number of nitrogens with two attached hydrogens (primary N) is 1. The Labute approximate surface area is 132 Å². The second-order valence-electron chi connectivity index (χ2n) is 4.55. The molecule has 4 nitrogen and oxygen atoms in total. The highest BCUT2D eigenvalue weighted by Gasteiger charge is 2.13. The molecular formula is C14H11F2N3OS2. The van der Waals surface area contributed by atoms with Crippen molar-refractivity contribution < 1.29 is 13.6 Å². The van der Waals surface area contributed by atoms with Gasteiger partial charge in [-0.15, -0.1) is 22.7 Å². The molecule has 114 valence electrons. The van der Waals surface area contributed by atoms with Crippen LogP contribution in [0.15, 0.2) is 29.6 Å². The number of amides is 1. The zero-order valence-electron chi connectivity index (χ0n) is 11.2. The number of carbonyl (C=O) groups is 1. The van der Waals surface area contributed by atoms with Crippen LogP contribution in [-0.4, -0.2) is 10.9 Å². The number of rotatable bonds is 5. The number of anilines is 1. The predicted molar refractivity (Wildman–Crippen MR) is 84.7 cm³/mol. The Morgan fingerprint density at radius 3 is 2.86 bits per heavy atom. The Morgan fingerprint density at radius 2 is 2.18 bits per heavy atom. The zero-order chi connectivity index (χ0) is 15.7. The van der Waals surface area contributed by atoms with Crippen molar-refractivity contribution in [1.29, 1.82) is 0 Å². The summed E-state index contributed by atoms with van der Waals surface area (Å²) in [6, 6.07) is 7.03. The molecule has 0 aliphatic carbocycles. The lowest BCUT2D eigenvalue weighted by Crippen LogP contribution is -2.09. The molecule has 0 bridgehead atoms. The molecule has 0 atom stereocenters. The number of nitrogens with zero attached hydrogens (tertiary/aromatic N) is 1. The lowest BCUT2D eigenvalue weighted by molar-refractivity contribution is 0.100. The van der Waals surface area contributed by atoms with E-state index in [1.54, 1.807) is 29.6 Å². The molecule has 8 heteroatoms. The first kappa shape index (κ1) is 14.9. The minimum atomic E-state index is -2.55. The molecule has 3 N–H and O–H groups in total. The number of nitrogens with one attached hydrogen (secondary N) is 1. The molecule has 0 saturated carbocycles. The van der Waals surface area contributed by atoms with E-state index in [4.69, 9.17) is 5.73 Å². The fourth-order valence-corrected chi connectivity index (χ4v) is 3.61. The molecule has 0 aliphatic rings. The number of carbonyl (C=O) groups excluding carboxylic acids is 1. The summed E-state index contributed by atoms with van der Waals surface area (Å²) >= 11 is 2.43. The maximum atomic E-state index is 12.6. The SMILES string of the molecule is NC(=O)c1csc(CNc2ccc3nc(C(F)F)sc3c2)c1. The van der Waals surface area contributed by atoms with Crippen molar-refractivity contribution in [3.8, 4) is 0 Å². The van der Waals surface area contributed by atoms with E-state index in [1.165, 1.54) is 11.3 Å². The van der Waals surface area contributed by atoms with Crippen molar-refractivity contribution in [2.75, 3.05) is 5.32 Å². The third-order valence-corrected chi connectivity index (χ3v) is 4.96. The van der Waals surface area contributed by atoms with Gasteiger partial charge in [-0.1, -0.05) is 0 Å². The minimum absolute atomic E-state index is 0.170. The molecule has 3 rings (SSSR count). The predicted octanol–water partition coefficient (Wildman–Crippen LogP) is 4.01. The van der Waals surface area contributed by atoms with Gasteiger partial charge in [0.15, 0.2) is 5.01 Å². The number of benzene rings is 1. The molecule has 22 heavy (non-hydrogen) atoms. The van der Waals surface area contributed by atoms with Crippen molar-refractivity contribution >= 4 is 44.5 Å². The third kappa shape index (κ3) is 3.07. The third-order valence-electron chi connectivity index (χ3n) is 3.00. The van der Waals surface area contributed by atoms with Gasteiger partial charge >= 0.3 is 0 Å². The van der Waals surface area contributed by atoms with Crippen LogP contribution in [0.3, 0.4) is 0 Å². The molecule has 0 saturated heterocycles. The van der Waals surface area contributed by atoms with Gasteiger partial charge in [0.1, 0.15) is 0 Å². The summed E-state index contributed by atoms with van der Waals surface area (Å²) < 4.78 is 26.0. The highest BCUT2D eigenvalue weighted by Crippen LogP contribution is 2.31. The topological polar surface area (TPSA) is 68.0 Å². The Balaban J connectivity index is 1.74. The highest BCUT2D eigenvalue weighted by atomic mass is 32.1. The number of thiazole rings is 1. The molecule has 1 aromatic carbocycles. The molecule has 2 heterocycles. The summed E-state index contributed by atoms with van der Waals surface area (Å²) in [7, 11) is 0. The van der Waals surface area contributed by atoms with Gasteiger partial charge in [-0.3, -0.25) is 4.79 Å². The van der Waals surface area contributed by atoms with Crippen LogP contribution >= 0.6 is 22.7 Å². The van der Waals surface area contributed by atoms with E-state index in [-0.39, 0.29) is 5.01 Å². The fraction of sp³-hybridized carbons (Fsp3) is 0.143. The average molecular weight is 339 g/mol. The summed E-state index contributed by atoms with van der Waals surface area (Å²) in [6.45, 7) is 0.532. The number of primary amides is 1. The normalized spacial score (nSPS) is 11.2. The Kier molecular flexibility index (Phi) is 4.04. The lowest BCUT2D eigenvalue weighted by atomic mass is 10.2. The number of fused-ring (bicyclic) bond motifs is 1. The van der Waals surface area contributed by atoms with Crippen molar-refractivity contribution in [2.45, 2.75) is 13.0 Å². The summed E-state index contributed by atoms with van der Waals surface area (Å²) in [5, 5.41) is 4.73. The lowest BCUT2D eigenvalue weighted by Gasteiger charge is -2.04. The van der Waals surface area contributed by atoms with Gasteiger partial charge in [0.2, 0.25) is 5.91 Å². The van der Waals surface area contributed by atoms with E-state index in [0.29, 0.717) is 22.3 Å². The number of hydrogen-bond donors (Lipinski definition) is 2. The van der Waals surface area contributed by atoms with Gasteiger partial charge in [-0.25, -0.2) is 13.8 Å². The first-order chi connectivity index (χ1) is 10.5. The molecule has 0 aliphatic heterocycles. The Hall–Kier alpha value is -2.06. The van der Waals surface area contributed by atoms with E-state index in [1.807, 2.05) is 0 Å². The maximum Gasteiger partial charge on any atom is 0.289 e. The maximum absolute atomic E-state index is 12.6.